The van der Waals surface area contributed by atoms with Crippen molar-refractivity contribution in [1.29, 1.82) is 0 Å². The number of nitrogens with zero attached hydrogens (tertiary/aromatic N) is 4. The van der Waals surface area contributed by atoms with E-state index in [2.05, 4.69) is 46.7 Å². The van der Waals surface area contributed by atoms with Gasteiger partial charge in [-0.05, 0) is 87.4 Å². The summed E-state index contributed by atoms with van der Waals surface area (Å²) in [6, 6.07) is 16.4. The summed E-state index contributed by atoms with van der Waals surface area (Å²) in [5.41, 5.74) is 2.85. The number of phenols is 1. The SMILES string of the molecule is C[C@@H]1CN([C@@H](c2cccc(O)c2)c2cccc(C(=O)N3CCN(CCCCCC(=O)O)CC3)c2)[C@@H](C)CN1CC1CC1. The average molecular weight is 577 g/mol. The third-order valence-corrected chi connectivity index (χ3v) is 9.34. The number of piperazine rings is 2. The molecule has 5 rings (SSSR count). The van der Waals surface area contributed by atoms with Crippen molar-refractivity contribution in [3.8, 4) is 5.75 Å². The zero-order chi connectivity index (χ0) is 29.6. The molecule has 0 spiro atoms. The standard InChI is InChI=1S/C34H48N4O4/c1-25-23-38(26(2)22-37(25)24-27-13-14-27)33(29-9-7-11-31(39)21-29)28-8-6-10-30(20-28)34(42)36-18-16-35(17-19-36)15-5-3-4-12-32(40)41/h6-11,20-21,25-27,33,39H,3-5,12-19,22-24H2,1-2H3,(H,40,41)/t25-,26+,33-/m1/s1. The van der Waals surface area contributed by atoms with Gasteiger partial charge in [-0.15, -0.1) is 0 Å². The molecule has 0 bridgehead atoms. The lowest BCUT2D eigenvalue weighted by atomic mass is 9.92. The van der Waals surface area contributed by atoms with Crippen LogP contribution in [0.3, 0.4) is 0 Å². The predicted molar refractivity (Wildman–Crippen MR) is 165 cm³/mol. The normalized spacial score (nSPS) is 23.1. The number of carbonyl (C=O) groups is 2. The molecule has 2 N–H and O–H groups in total. The number of carboxylic acids is 1. The van der Waals surface area contributed by atoms with Crippen LogP contribution < -0.4 is 0 Å². The molecule has 0 radical (unpaired) electrons. The van der Waals surface area contributed by atoms with E-state index in [4.69, 9.17) is 5.11 Å². The number of phenolic OH excluding ortho intramolecular Hbond substituents is 1. The molecule has 3 fully saturated rings. The first-order valence-electron chi connectivity index (χ1n) is 15.9. The lowest BCUT2D eigenvalue weighted by molar-refractivity contribution is -0.137. The molecule has 8 nitrogen and oxygen atoms in total. The first-order valence-corrected chi connectivity index (χ1v) is 15.9. The minimum atomic E-state index is -0.727. The van der Waals surface area contributed by atoms with Crippen molar-refractivity contribution < 1.29 is 19.8 Å². The zero-order valence-electron chi connectivity index (χ0n) is 25.3. The summed E-state index contributed by atoms with van der Waals surface area (Å²) in [6.45, 7) is 11.8. The van der Waals surface area contributed by atoms with Crippen LogP contribution in [0, 0.1) is 5.92 Å². The molecule has 0 aromatic heterocycles. The zero-order valence-corrected chi connectivity index (χ0v) is 25.3. The van der Waals surface area contributed by atoms with Gasteiger partial charge in [-0.25, -0.2) is 0 Å². The number of hydrogen-bond acceptors (Lipinski definition) is 6. The van der Waals surface area contributed by atoms with Gasteiger partial charge in [0.25, 0.3) is 5.91 Å². The Bertz CT molecular complexity index is 1210. The minimum Gasteiger partial charge on any atom is -0.508 e. The number of amides is 1. The molecule has 2 aliphatic heterocycles. The number of benzene rings is 2. The number of hydrogen-bond donors (Lipinski definition) is 2. The number of carbonyl (C=O) groups excluding carboxylic acids is 1. The highest BCUT2D eigenvalue weighted by atomic mass is 16.4. The van der Waals surface area contributed by atoms with E-state index in [9.17, 15) is 14.7 Å². The van der Waals surface area contributed by atoms with E-state index in [-0.39, 0.29) is 24.1 Å². The van der Waals surface area contributed by atoms with Crippen LogP contribution in [-0.4, -0.2) is 106 Å². The number of unbranched alkanes of at least 4 members (excludes halogenated alkanes) is 2. The van der Waals surface area contributed by atoms with Crippen molar-refractivity contribution in [1.82, 2.24) is 19.6 Å². The number of rotatable bonds is 12. The van der Waals surface area contributed by atoms with Gasteiger partial charge in [-0.3, -0.25) is 24.3 Å². The molecule has 1 saturated carbocycles. The van der Waals surface area contributed by atoms with Gasteiger partial charge in [0.1, 0.15) is 5.75 Å². The Hall–Kier alpha value is -2.94. The largest absolute Gasteiger partial charge is 0.508 e. The van der Waals surface area contributed by atoms with Gasteiger partial charge in [-0.1, -0.05) is 30.7 Å². The second-order valence-electron chi connectivity index (χ2n) is 12.8. The average Bonchev–Trinajstić information content (AvgIpc) is 3.80. The fraction of sp³-hybridized carbons (Fsp3) is 0.588. The smallest absolute Gasteiger partial charge is 0.303 e. The Balaban J connectivity index is 1.27. The summed E-state index contributed by atoms with van der Waals surface area (Å²) in [7, 11) is 0. The maximum Gasteiger partial charge on any atom is 0.303 e. The van der Waals surface area contributed by atoms with Crippen LogP contribution in [0.1, 0.15) is 79.9 Å². The van der Waals surface area contributed by atoms with Crippen molar-refractivity contribution in [2.45, 2.75) is 70.5 Å². The van der Waals surface area contributed by atoms with E-state index < -0.39 is 5.97 Å². The molecular weight excluding hydrogens is 528 g/mol. The second-order valence-corrected chi connectivity index (χ2v) is 12.8. The summed E-state index contributed by atoms with van der Waals surface area (Å²) >= 11 is 0. The van der Waals surface area contributed by atoms with Crippen LogP contribution in [-0.2, 0) is 4.79 Å². The minimum absolute atomic E-state index is 0.0525. The summed E-state index contributed by atoms with van der Waals surface area (Å²) < 4.78 is 0. The fourth-order valence-electron chi connectivity index (χ4n) is 6.73. The molecule has 228 valence electrons. The van der Waals surface area contributed by atoms with Crippen LogP contribution in [0.5, 0.6) is 5.75 Å². The van der Waals surface area contributed by atoms with Gasteiger partial charge < -0.3 is 15.1 Å². The Morgan fingerprint density at radius 1 is 0.881 bits per heavy atom. The molecule has 1 aliphatic carbocycles. The molecule has 2 heterocycles. The molecule has 8 heteroatoms. The number of aliphatic carboxylic acids is 1. The van der Waals surface area contributed by atoms with Crippen molar-refractivity contribution in [3.63, 3.8) is 0 Å². The summed E-state index contributed by atoms with van der Waals surface area (Å²) in [4.78, 5) is 33.9. The lowest BCUT2D eigenvalue weighted by Gasteiger charge is -2.48. The van der Waals surface area contributed by atoms with E-state index in [1.54, 1.807) is 6.07 Å². The van der Waals surface area contributed by atoms with Gasteiger partial charge in [0.05, 0.1) is 6.04 Å². The maximum atomic E-state index is 13.7. The molecule has 0 unspecified atom stereocenters. The van der Waals surface area contributed by atoms with E-state index >= 15 is 0 Å². The lowest BCUT2D eigenvalue weighted by Crippen LogP contribution is -2.57. The molecule has 1 amide bonds. The highest BCUT2D eigenvalue weighted by Gasteiger charge is 2.37. The van der Waals surface area contributed by atoms with Crippen LogP contribution in [0.15, 0.2) is 48.5 Å². The van der Waals surface area contributed by atoms with Crippen molar-refractivity contribution in [2.24, 2.45) is 5.92 Å². The Labute approximate surface area is 250 Å². The van der Waals surface area contributed by atoms with E-state index in [1.807, 2.05) is 29.2 Å². The molecule has 42 heavy (non-hydrogen) atoms. The van der Waals surface area contributed by atoms with Gasteiger partial charge in [-0.2, -0.15) is 0 Å². The topological polar surface area (TPSA) is 87.6 Å². The summed E-state index contributed by atoms with van der Waals surface area (Å²) in [5.74, 6) is 0.470. The Kier molecular flexibility index (Phi) is 10.2. The monoisotopic (exact) mass is 576 g/mol. The van der Waals surface area contributed by atoms with Gasteiger partial charge >= 0.3 is 5.97 Å². The number of carboxylic acid groups (broad SMARTS) is 1. The van der Waals surface area contributed by atoms with Crippen LogP contribution in [0.4, 0.5) is 0 Å². The second kappa shape index (κ2) is 14.0. The third kappa shape index (κ3) is 7.91. The third-order valence-electron chi connectivity index (χ3n) is 9.34. The van der Waals surface area contributed by atoms with Crippen molar-refractivity contribution >= 4 is 11.9 Å². The molecule has 3 aliphatic rings. The molecule has 2 saturated heterocycles. The van der Waals surface area contributed by atoms with Crippen LogP contribution in [0.25, 0.3) is 0 Å². The maximum absolute atomic E-state index is 13.7. The van der Waals surface area contributed by atoms with Gasteiger partial charge in [0, 0.05) is 69.9 Å². The van der Waals surface area contributed by atoms with Crippen molar-refractivity contribution in [2.75, 3.05) is 52.4 Å². The van der Waals surface area contributed by atoms with Crippen molar-refractivity contribution in [3.05, 3.63) is 65.2 Å². The highest BCUT2D eigenvalue weighted by Crippen LogP contribution is 2.37. The molecule has 3 atom stereocenters. The Morgan fingerprint density at radius 3 is 2.29 bits per heavy atom. The summed E-state index contributed by atoms with van der Waals surface area (Å²) in [6.07, 6.45) is 5.59. The van der Waals surface area contributed by atoms with E-state index in [0.29, 0.717) is 30.7 Å². The molecular formula is C34H48N4O4. The summed E-state index contributed by atoms with van der Waals surface area (Å²) in [5, 5.41) is 19.2. The van der Waals surface area contributed by atoms with Gasteiger partial charge in [0.15, 0.2) is 0 Å². The van der Waals surface area contributed by atoms with Gasteiger partial charge in [0.2, 0.25) is 0 Å². The molecule has 2 aromatic carbocycles. The molecule has 2 aromatic rings. The first kappa shape index (κ1) is 30.5. The Morgan fingerprint density at radius 2 is 1.60 bits per heavy atom. The highest BCUT2D eigenvalue weighted by molar-refractivity contribution is 5.94. The quantitative estimate of drug-likeness (QED) is 0.355. The van der Waals surface area contributed by atoms with Crippen LogP contribution in [0.2, 0.25) is 0 Å². The first-order chi connectivity index (χ1) is 20.3. The van der Waals surface area contributed by atoms with Crippen LogP contribution >= 0.6 is 0 Å². The number of aromatic hydroxyl groups is 1. The fourth-order valence-corrected chi connectivity index (χ4v) is 6.73. The predicted octanol–water partition coefficient (Wildman–Crippen LogP) is 4.69. The van der Waals surface area contributed by atoms with E-state index in [1.165, 1.54) is 19.4 Å². The van der Waals surface area contributed by atoms with E-state index in [0.717, 1.165) is 69.0 Å².